The van der Waals surface area contributed by atoms with Gasteiger partial charge in [0.15, 0.2) is 35.5 Å². The number of carbonyl (C=O) groups is 1. The maximum Gasteiger partial charge on any atom is 0.408 e. The molecule has 5 rings (SSSR count). The number of carboxylic acid groups (broad SMARTS) is 1. The van der Waals surface area contributed by atoms with E-state index in [4.69, 9.17) is 9.47 Å². The number of aromatic amines is 1. The third kappa shape index (κ3) is 4.13. The molecular formula is C25H22F3N3O7. The average molecular weight is 533 g/mol. The Hall–Kier alpha value is -4.10. The maximum atomic E-state index is 15.2. The second-order valence-corrected chi connectivity index (χ2v) is 8.93. The van der Waals surface area contributed by atoms with Crippen LogP contribution >= 0.6 is 0 Å². The minimum atomic E-state index is -2.16. The molecular weight excluding hydrogens is 511 g/mol. The molecule has 1 amide bonds. The summed E-state index contributed by atoms with van der Waals surface area (Å²) in [6.45, 7) is 1.02. The maximum absolute atomic E-state index is 15.2. The SMILES string of the molecule is CCc1cn([C@@H]2O[C@H](CN(C(=O)O)C3c4cccc(F)c4Oc4c(F)cccc43)[C@@H](O)[C@@H]2F)c(=O)[nH]c1=O. The zero-order valence-electron chi connectivity index (χ0n) is 19.8. The van der Waals surface area contributed by atoms with E-state index in [0.29, 0.717) is 0 Å². The molecule has 0 unspecified atom stereocenters. The number of aromatic nitrogens is 2. The second kappa shape index (κ2) is 9.65. The second-order valence-electron chi connectivity index (χ2n) is 8.93. The summed E-state index contributed by atoms with van der Waals surface area (Å²) in [5.41, 5.74) is -1.31. The van der Waals surface area contributed by atoms with Gasteiger partial charge in [-0.2, -0.15) is 0 Å². The van der Waals surface area contributed by atoms with Crippen LogP contribution in [0.25, 0.3) is 0 Å². The van der Waals surface area contributed by atoms with Crippen LogP contribution in [0.2, 0.25) is 0 Å². The number of aliphatic hydroxyl groups is 1. The van der Waals surface area contributed by atoms with Crippen LogP contribution in [0.5, 0.6) is 11.5 Å². The first-order chi connectivity index (χ1) is 18.1. The first-order valence-electron chi connectivity index (χ1n) is 11.7. The number of hydrogen-bond donors (Lipinski definition) is 3. The fraction of sp³-hybridized carbons (Fsp3) is 0.320. The number of aliphatic hydroxyl groups excluding tert-OH is 1. The molecule has 2 aliphatic rings. The molecule has 1 saturated heterocycles. The lowest BCUT2D eigenvalue weighted by Gasteiger charge is -2.36. The first kappa shape index (κ1) is 25.5. The van der Waals surface area contributed by atoms with Crippen molar-refractivity contribution in [2.24, 2.45) is 0 Å². The van der Waals surface area contributed by atoms with Crippen molar-refractivity contribution in [2.75, 3.05) is 6.54 Å². The molecule has 13 heteroatoms. The number of nitrogens with one attached hydrogen (secondary N) is 1. The van der Waals surface area contributed by atoms with Gasteiger partial charge in [0, 0.05) is 22.9 Å². The lowest BCUT2D eigenvalue weighted by atomic mass is 9.92. The van der Waals surface area contributed by atoms with Crippen molar-refractivity contribution in [3.8, 4) is 11.5 Å². The van der Waals surface area contributed by atoms with Gasteiger partial charge in [-0.25, -0.2) is 22.8 Å². The number of hydrogen-bond acceptors (Lipinski definition) is 6. The number of alkyl halides is 1. The van der Waals surface area contributed by atoms with Gasteiger partial charge in [-0.05, 0) is 18.6 Å². The Labute approximate surface area is 212 Å². The van der Waals surface area contributed by atoms with Crippen molar-refractivity contribution in [1.29, 1.82) is 0 Å². The third-order valence-electron chi connectivity index (χ3n) is 6.71. The topological polar surface area (TPSA) is 134 Å². The fourth-order valence-electron chi connectivity index (χ4n) is 4.84. The fourth-order valence-corrected chi connectivity index (χ4v) is 4.84. The van der Waals surface area contributed by atoms with Crippen molar-refractivity contribution in [3.63, 3.8) is 0 Å². The Balaban J connectivity index is 1.53. The van der Waals surface area contributed by atoms with Crippen molar-refractivity contribution in [2.45, 2.75) is 44.0 Å². The van der Waals surface area contributed by atoms with Gasteiger partial charge >= 0.3 is 11.8 Å². The minimum Gasteiger partial charge on any atom is -0.465 e. The molecule has 3 N–H and O–H groups in total. The van der Waals surface area contributed by atoms with Crippen LogP contribution in [0.4, 0.5) is 18.0 Å². The van der Waals surface area contributed by atoms with E-state index >= 15 is 4.39 Å². The van der Waals surface area contributed by atoms with Crippen LogP contribution in [0.15, 0.2) is 52.2 Å². The molecule has 3 aromatic rings. The number of fused-ring (bicyclic) bond motifs is 2. The summed E-state index contributed by atoms with van der Waals surface area (Å²) in [6, 6.07) is 6.32. The summed E-state index contributed by atoms with van der Waals surface area (Å²) in [6.07, 6.45) is -7.37. The van der Waals surface area contributed by atoms with Gasteiger partial charge in [0.05, 0.1) is 12.6 Å². The number of ether oxygens (including phenoxy) is 2. The molecule has 0 aliphatic carbocycles. The molecule has 2 aliphatic heterocycles. The van der Waals surface area contributed by atoms with E-state index in [1.165, 1.54) is 24.3 Å². The summed E-state index contributed by atoms with van der Waals surface area (Å²) in [4.78, 5) is 39.5. The van der Waals surface area contributed by atoms with Gasteiger partial charge in [0.25, 0.3) is 5.56 Å². The van der Waals surface area contributed by atoms with Crippen LogP contribution in [0.3, 0.4) is 0 Å². The zero-order valence-corrected chi connectivity index (χ0v) is 19.8. The summed E-state index contributed by atoms with van der Waals surface area (Å²) < 4.78 is 56.3. The highest BCUT2D eigenvalue weighted by Gasteiger charge is 2.48. The molecule has 1 aromatic heterocycles. The monoisotopic (exact) mass is 533 g/mol. The van der Waals surface area contributed by atoms with Gasteiger partial charge in [-0.15, -0.1) is 0 Å². The van der Waals surface area contributed by atoms with Crippen molar-refractivity contribution >= 4 is 6.09 Å². The molecule has 1 fully saturated rings. The molecule has 2 aromatic carbocycles. The van der Waals surface area contributed by atoms with Gasteiger partial charge in [-0.1, -0.05) is 31.2 Å². The summed E-state index contributed by atoms with van der Waals surface area (Å²) >= 11 is 0. The minimum absolute atomic E-state index is 0.0655. The average Bonchev–Trinajstić information content (AvgIpc) is 3.15. The largest absolute Gasteiger partial charge is 0.465 e. The third-order valence-corrected chi connectivity index (χ3v) is 6.71. The highest BCUT2D eigenvalue weighted by Crippen LogP contribution is 2.48. The Bertz CT molecular complexity index is 1470. The molecule has 200 valence electrons. The smallest absolute Gasteiger partial charge is 0.408 e. The molecule has 38 heavy (non-hydrogen) atoms. The van der Waals surface area contributed by atoms with E-state index in [-0.39, 0.29) is 34.6 Å². The van der Waals surface area contributed by atoms with E-state index < -0.39 is 66.2 Å². The van der Waals surface area contributed by atoms with E-state index in [2.05, 4.69) is 4.98 Å². The molecule has 10 nitrogen and oxygen atoms in total. The normalized spacial score (nSPS) is 22.4. The van der Waals surface area contributed by atoms with Gasteiger partial charge in [0.1, 0.15) is 12.2 Å². The van der Waals surface area contributed by atoms with E-state index in [0.717, 1.165) is 27.8 Å². The van der Waals surface area contributed by atoms with Crippen LogP contribution in [-0.2, 0) is 11.2 Å². The van der Waals surface area contributed by atoms with Crippen molar-refractivity contribution in [1.82, 2.24) is 14.5 Å². The lowest BCUT2D eigenvalue weighted by Crippen LogP contribution is -2.44. The molecule has 0 radical (unpaired) electrons. The quantitative estimate of drug-likeness (QED) is 0.459. The van der Waals surface area contributed by atoms with Crippen molar-refractivity contribution in [3.05, 3.63) is 91.8 Å². The Kier molecular flexibility index (Phi) is 6.49. The highest BCUT2D eigenvalue weighted by molar-refractivity contribution is 5.69. The number of benzene rings is 2. The van der Waals surface area contributed by atoms with E-state index in [9.17, 15) is 33.4 Å². The molecule has 0 spiro atoms. The molecule has 3 heterocycles. The Morgan fingerprint density at radius 2 is 1.71 bits per heavy atom. The van der Waals surface area contributed by atoms with Crippen LogP contribution < -0.4 is 16.0 Å². The van der Waals surface area contributed by atoms with Crippen LogP contribution in [0, 0.1) is 11.6 Å². The molecule has 4 atom stereocenters. The van der Waals surface area contributed by atoms with Crippen molar-refractivity contribution < 1.29 is 37.7 Å². The number of H-pyrrole nitrogens is 1. The summed E-state index contributed by atoms with van der Waals surface area (Å²) in [5, 5.41) is 20.7. The van der Waals surface area contributed by atoms with Gasteiger partial charge in [0.2, 0.25) is 0 Å². The summed E-state index contributed by atoms with van der Waals surface area (Å²) in [5.74, 6) is -2.45. The predicted molar refractivity (Wildman–Crippen MR) is 125 cm³/mol. The van der Waals surface area contributed by atoms with Crippen LogP contribution in [0.1, 0.15) is 35.9 Å². The van der Waals surface area contributed by atoms with Crippen LogP contribution in [-0.4, -0.2) is 55.7 Å². The first-order valence-corrected chi connectivity index (χ1v) is 11.7. The van der Waals surface area contributed by atoms with Gasteiger partial charge in [-0.3, -0.25) is 19.2 Å². The van der Waals surface area contributed by atoms with E-state index in [1.54, 1.807) is 6.92 Å². The standard InChI is InChI=1S/C25H22F3N3O7/c1-2-11-9-31(24(34)29-22(11)33)23-17(28)19(32)16(37-23)10-30(25(35)36)18-12-5-3-7-14(26)20(12)38-21-13(18)6-4-8-15(21)27/h3-9,16-19,23,32H,2,10H2,1H3,(H,35,36)(H,29,33,34)/t16-,17+,19-,23-/m1/s1. The number of halogens is 3. The number of rotatable bonds is 5. The van der Waals surface area contributed by atoms with Gasteiger partial charge < -0.3 is 19.7 Å². The predicted octanol–water partition coefficient (Wildman–Crippen LogP) is 2.85. The Morgan fingerprint density at radius 1 is 1.11 bits per heavy atom. The molecule has 0 saturated carbocycles. The lowest BCUT2D eigenvalue weighted by molar-refractivity contribution is -0.0413. The summed E-state index contributed by atoms with van der Waals surface area (Å²) in [7, 11) is 0. The number of para-hydroxylation sites is 2. The highest BCUT2D eigenvalue weighted by atomic mass is 19.1. The number of nitrogens with zero attached hydrogens (tertiary/aromatic N) is 2. The Morgan fingerprint density at radius 3 is 2.26 bits per heavy atom. The molecule has 0 bridgehead atoms. The number of aryl methyl sites for hydroxylation is 1. The zero-order chi connectivity index (χ0) is 27.3. The number of amides is 1. The van der Waals surface area contributed by atoms with E-state index in [1.807, 2.05) is 0 Å².